The first kappa shape index (κ1) is 18.9. The van der Waals surface area contributed by atoms with Crippen LogP contribution < -0.4 is 5.32 Å². The van der Waals surface area contributed by atoms with Crippen LogP contribution in [0, 0.1) is 11.3 Å². The van der Waals surface area contributed by atoms with Crippen LogP contribution in [0.25, 0.3) is 0 Å². The van der Waals surface area contributed by atoms with E-state index in [9.17, 15) is 0 Å². The largest absolute Gasteiger partial charge is 0.311 e. The van der Waals surface area contributed by atoms with Crippen LogP contribution in [0.4, 0.5) is 0 Å². The summed E-state index contributed by atoms with van der Waals surface area (Å²) in [5, 5.41) is 3.70. The van der Waals surface area contributed by atoms with Crippen LogP contribution >= 0.6 is 0 Å². The van der Waals surface area contributed by atoms with Gasteiger partial charge in [0, 0.05) is 51.4 Å². The van der Waals surface area contributed by atoms with Gasteiger partial charge in [-0.05, 0) is 38.5 Å². The molecule has 0 bridgehead atoms. The first-order valence-corrected chi connectivity index (χ1v) is 8.83. The van der Waals surface area contributed by atoms with Crippen LogP contribution in [0.15, 0.2) is 0 Å². The van der Waals surface area contributed by atoms with E-state index in [0.29, 0.717) is 5.41 Å². The zero-order chi connectivity index (χ0) is 16.1. The van der Waals surface area contributed by atoms with Crippen LogP contribution in [-0.2, 0) is 0 Å². The van der Waals surface area contributed by atoms with E-state index < -0.39 is 0 Å². The molecule has 21 heavy (non-hydrogen) atoms. The number of nitrogens with one attached hydrogen (secondary N) is 1. The van der Waals surface area contributed by atoms with Gasteiger partial charge in [-0.2, -0.15) is 0 Å². The molecule has 1 fully saturated rings. The first-order valence-electron chi connectivity index (χ1n) is 8.83. The average Bonchev–Trinajstić information content (AvgIpc) is 2.38. The average molecular weight is 298 g/mol. The van der Waals surface area contributed by atoms with Crippen molar-refractivity contribution in [3.63, 3.8) is 0 Å². The predicted molar refractivity (Wildman–Crippen MR) is 93.9 cm³/mol. The van der Waals surface area contributed by atoms with E-state index in [2.05, 4.69) is 63.6 Å². The maximum absolute atomic E-state index is 3.70. The van der Waals surface area contributed by atoms with E-state index >= 15 is 0 Å². The van der Waals surface area contributed by atoms with Crippen molar-refractivity contribution in [3.05, 3.63) is 0 Å². The molecule has 0 spiro atoms. The standard InChI is InChI=1S/C18H39N3/c1-8-18(7,14-19-17(4,5)6)15-21-11-9-20(10-12-21)13-16(2)3/h16,19H,8-15H2,1-7H3. The lowest BCUT2D eigenvalue weighted by atomic mass is 9.85. The van der Waals surface area contributed by atoms with E-state index in [1.165, 1.54) is 45.7 Å². The minimum absolute atomic E-state index is 0.215. The summed E-state index contributed by atoms with van der Waals surface area (Å²) in [6, 6.07) is 0. The molecule has 0 radical (unpaired) electrons. The van der Waals surface area contributed by atoms with Gasteiger partial charge in [-0.1, -0.05) is 27.7 Å². The third-order valence-electron chi connectivity index (χ3n) is 4.59. The molecule has 1 aliphatic heterocycles. The highest BCUT2D eigenvalue weighted by Gasteiger charge is 2.28. The molecule has 1 saturated heterocycles. The lowest BCUT2D eigenvalue weighted by Crippen LogP contribution is -2.52. The van der Waals surface area contributed by atoms with Crippen molar-refractivity contribution in [2.75, 3.05) is 45.8 Å². The zero-order valence-corrected chi connectivity index (χ0v) is 15.6. The highest BCUT2D eigenvalue weighted by molar-refractivity contribution is 4.85. The lowest BCUT2D eigenvalue weighted by molar-refractivity contribution is 0.0799. The Morgan fingerprint density at radius 2 is 1.48 bits per heavy atom. The lowest BCUT2D eigenvalue weighted by Gasteiger charge is -2.41. The summed E-state index contributed by atoms with van der Waals surface area (Å²) >= 11 is 0. The summed E-state index contributed by atoms with van der Waals surface area (Å²) in [7, 11) is 0. The molecule has 1 rings (SSSR count). The van der Waals surface area contributed by atoms with E-state index in [4.69, 9.17) is 0 Å². The number of hydrogen-bond donors (Lipinski definition) is 1. The summed E-state index contributed by atoms with van der Waals surface area (Å²) in [6.07, 6.45) is 1.24. The predicted octanol–water partition coefficient (Wildman–Crippen LogP) is 3.06. The molecule has 0 aromatic carbocycles. The maximum atomic E-state index is 3.70. The Bertz CT molecular complexity index is 287. The van der Waals surface area contributed by atoms with Crippen LogP contribution in [0.3, 0.4) is 0 Å². The van der Waals surface area contributed by atoms with Gasteiger partial charge in [0.2, 0.25) is 0 Å². The summed E-state index contributed by atoms with van der Waals surface area (Å²) in [6.45, 7) is 24.7. The monoisotopic (exact) mass is 297 g/mol. The maximum Gasteiger partial charge on any atom is 0.0110 e. The molecule has 1 aliphatic rings. The van der Waals surface area contributed by atoms with Crippen LogP contribution in [0.2, 0.25) is 0 Å². The molecular formula is C18H39N3. The smallest absolute Gasteiger partial charge is 0.0110 e. The molecule has 1 unspecified atom stereocenters. The fourth-order valence-electron chi connectivity index (χ4n) is 2.96. The van der Waals surface area contributed by atoms with E-state index in [1.54, 1.807) is 0 Å². The van der Waals surface area contributed by atoms with Gasteiger partial charge in [0.25, 0.3) is 0 Å². The van der Waals surface area contributed by atoms with Gasteiger partial charge in [-0.3, -0.25) is 0 Å². The Labute approximate surface area is 133 Å². The molecule has 3 heteroatoms. The van der Waals surface area contributed by atoms with Crippen molar-refractivity contribution in [1.29, 1.82) is 0 Å². The minimum atomic E-state index is 0.215. The number of rotatable bonds is 7. The van der Waals surface area contributed by atoms with Crippen molar-refractivity contribution < 1.29 is 0 Å². The quantitative estimate of drug-likeness (QED) is 0.779. The van der Waals surface area contributed by atoms with Gasteiger partial charge in [0.05, 0.1) is 0 Å². The molecular weight excluding hydrogens is 258 g/mol. The second kappa shape index (κ2) is 7.94. The van der Waals surface area contributed by atoms with Gasteiger partial charge in [0.15, 0.2) is 0 Å². The SMILES string of the molecule is CCC(C)(CNC(C)(C)C)CN1CCN(CC(C)C)CC1. The highest BCUT2D eigenvalue weighted by Crippen LogP contribution is 2.23. The fraction of sp³-hybridized carbons (Fsp3) is 1.00. The molecule has 1 heterocycles. The summed E-state index contributed by atoms with van der Waals surface area (Å²) in [4.78, 5) is 5.29. The second-order valence-corrected chi connectivity index (χ2v) is 8.74. The first-order chi connectivity index (χ1) is 9.63. The molecule has 0 saturated carbocycles. The van der Waals surface area contributed by atoms with Crippen LogP contribution in [0.1, 0.15) is 54.9 Å². The van der Waals surface area contributed by atoms with Crippen LogP contribution in [-0.4, -0.2) is 61.2 Å². The Hall–Kier alpha value is -0.120. The van der Waals surface area contributed by atoms with Crippen molar-refractivity contribution in [2.45, 2.75) is 60.4 Å². The molecule has 1 atom stereocenters. The molecule has 0 aromatic rings. The van der Waals surface area contributed by atoms with E-state index in [-0.39, 0.29) is 5.54 Å². The molecule has 0 aromatic heterocycles. The summed E-state index contributed by atoms with van der Waals surface area (Å²) in [5.41, 5.74) is 0.597. The summed E-state index contributed by atoms with van der Waals surface area (Å²) < 4.78 is 0. The molecule has 1 N–H and O–H groups in total. The van der Waals surface area contributed by atoms with Crippen molar-refractivity contribution >= 4 is 0 Å². The molecule has 3 nitrogen and oxygen atoms in total. The second-order valence-electron chi connectivity index (χ2n) is 8.74. The van der Waals surface area contributed by atoms with Gasteiger partial charge in [-0.15, -0.1) is 0 Å². The minimum Gasteiger partial charge on any atom is -0.311 e. The van der Waals surface area contributed by atoms with Gasteiger partial charge in [-0.25, -0.2) is 0 Å². The van der Waals surface area contributed by atoms with Crippen LogP contribution in [0.5, 0.6) is 0 Å². The molecule has 0 aliphatic carbocycles. The zero-order valence-electron chi connectivity index (χ0n) is 15.6. The Morgan fingerprint density at radius 1 is 0.952 bits per heavy atom. The van der Waals surface area contributed by atoms with Crippen molar-refractivity contribution in [3.8, 4) is 0 Å². The number of piperazine rings is 1. The fourth-order valence-corrected chi connectivity index (χ4v) is 2.96. The van der Waals surface area contributed by atoms with Gasteiger partial charge >= 0.3 is 0 Å². The Kier molecular flexibility index (Phi) is 7.15. The highest BCUT2D eigenvalue weighted by atomic mass is 15.3. The van der Waals surface area contributed by atoms with E-state index in [1.807, 2.05) is 0 Å². The number of hydrogen-bond acceptors (Lipinski definition) is 3. The number of nitrogens with zero attached hydrogens (tertiary/aromatic N) is 2. The van der Waals surface area contributed by atoms with Gasteiger partial charge in [0.1, 0.15) is 0 Å². The van der Waals surface area contributed by atoms with Gasteiger partial charge < -0.3 is 15.1 Å². The van der Waals surface area contributed by atoms with E-state index in [0.717, 1.165) is 12.5 Å². The normalized spacial score (nSPS) is 21.7. The third-order valence-corrected chi connectivity index (χ3v) is 4.59. The Balaban J connectivity index is 2.40. The molecule has 0 amide bonds. The summed E-state index contributed by atoms with van der Waals surface area (Å²) in [5.74, 6) is 0.786. The Morgan fingerprint density at radius 3 is 1.90 bits per heavy atom. The topological polar surface area (TPSA) is 18.5 Å². The van der Waals surface area contributed by atoms with Crippen molar-refractivity contribution in [1.82, 2.24) is 15.1 Å². The third kappa shape index (κ3) is 7.62. The molecule has 126 valence electrons. The van der Waals surface area contributed by atoms with Crippen molar-refractivity contribution in [2.24, 2.45) is 11.3 Å².